The molecule has 0 radical (unpaired) electrons. The molecule has 7 nitrogen and oxygen atoms in total. The largest absolute Gasteiger partial charge is 0.465 e. The molecule has 0 unspecified atom stereocenters. The van der Waals surface area contributed by atoms with Crippen molar-refractivity contribution in [3.05, 3.63) is 58.2 Å². The molecule has 0 aromatic heterocycles. The fourth-order valence-electron chi connectivity index (χ4n) is 2.69. The normalized spacial score (nSPS) is 16.8. The number of carbonyl (C=O) groups excluding carboxylic acids is 2. The Hall–Kier alpha value is -3.27. The van der Waals surface area contributed by atoms with Gasteiger partial charge < -0.3 is 19.9 Å². The molecule has 136 valence electrons. The first-order valence-corrected chi connectivity index (χ1v) is 7.97. The number of hydrogen-bond acceptors (Lipinski definition) is 7. The van der Waals surface area contributed by atoms with Crippen molar-refractivity contribution in [2.45, 2.75) is 32.8 Å². The molecule has 0 bridgehead atoms. The highest BCUT2D eigenvalue weighted by Crippen LogP contribution is 2.39. The zero-order valence-corrected chi connectivity index (χ0v) is 15.0. The zero-order valence-electron chi connectivity index (χ0n) is 15.0. The van der Waals surface area contributed by atoms with Crippen molar-refractivity contribution in [3.8, 4) is 6.07 Å². The van der Waals surface area contributed by atoms with E-state index in [9.17, 15) is 14.9 Å². The molecule has 1 atom stereocenters. The lowest BCUT2D eigenvalue weighted by atomic mass is 9.83. The number of benzene rings is 1. The van der Waals surface area contributed by atoms with Crippen LogP contribution in [0.1, 0.15) is 42.6 Å². The van der Waals surface area contributed by atoms with Crippen LogP contribution >= 0.6 is 0 Å². The number of esters is 2. The van der Waals surface area contributed by atoms with E-state index in [1.165, 1.54) is 7.11 Å². The van der Waals surface area contributed by atoms with Crippen LogP contribution in [0.25, 0.3) is 0 Å². The molecule has 2 rings (SSSR count). The summed E-state index contributed by atoms with van der Waals surface area (Å²) in [4.78, 5) is 24.2. The van der Waals surface area contributed by atoms with E-state index in [2.05, 4.69) is 4.74 Å². The summed E-state index contributed by atoms with van der Waals surface area (Å²) >= 11 is 0. The van der Waals surface area contributed by atoms with Crippen molar-refractivity contribution in [1.82, 2.24) is 0 Å². The van der Waals surface area contributed by atoms with Crippen molar-refractivity contribution in [2.24, 2.45) is 5.73 Å². The monoisotopic (exact) mass is 356 g/mol. The van der Waals surface area contributed by atoms with E-state index in [0.717, 1.165) is 0 Å². The molecule has 0 saturated heterocycles. The maximum absolute atomic E-state index is 12.6. The van der Waals surface area contributed by atoms with Gasteiger partial charge in [-0.25, -0.2) is 9.59 Å². The summed E-state index contributed by atoms with van der Waals surface area (Å²) < 4.78 is 15.3. The number of methoxy groups -OCH3 is 1. The predicted octanol–water partition coefficient (Wildman–Crippen LogP) is 2.51. The minimum absolute atomic E-state index is 0.0619. The number of ether oxygens (including phenoxy) is 3. The molecule has 26 heavy (non-hydrogen) atoms. The standard InChI is InChI=1S/C19H20N2O5/c1-10(2)25-19(23)15-11(3)26-17(21)14(9-20)16(15)12-5-7-13(8-6-12)18(22)24-4/h5-8,10,16H,21H2,1-4H3/t16-/m0/s1. The highest BCUT2D eigenvalue weighted by Gasteiger charge is 2.36. The summed E-state index contributed by atoms with van der Waals surface area (Å²) in [6, 6.07) is 8.41. The molecular formula is C19H20N2O5. The Balaban J connectivity index is 2.54. The van der Waals surface area contributed by atoms with Crippen LogP contribution in [0.4, 0.5) is 0 Å². The van der Waals surface area contributed by atoms with Crippen LogP contribution in [-0.4, -0.2) is 25.2 Å². The van der Waals surface area contributed by atoms with Crippen LogP contribution in [0.3, 0.4) is 0 Å². The van der Waals surface area contributed by atoms with Crippen molar-refractivity contribution in [2.75, 3.05) is 7.11 Å². The van der Waals surface area contributed by atoms with Gasteiger partial charge in [0.15, 0.2) is 0 Å². The molecule has 1 aliphatic rings. The molecule has 0 fully saturated rings. The maximum Gasteiger partial charge on any atom is 0.338 e. The van der Waals surface area contributed by atoms with Crippen LogP contribution in [-0.2, 0) is 19.0 Å². The van der Waals surface area contributed by atoms with Gasteiger partial charge >= 0.3 is 11.9 Å². The Morgan fingerprint density at radius 2 is 1.85 bits per heavy atom. The highest BCUT2D eigenvalue weighted by atomic mass is 16.5. The number of nitrogens with zero attached hydrogens (tertiary/aromatic N) is 1. The number of carbonyl (C=O) groups is 2. The van der Waals surface area contributed by atoms with Gasteiger partial charge in [0.25, 0.3) is 0 Å². The lowest BCUT2D eigenvalue weighted by Gasteiger charge is -2.27. The smallest absolute Gasteiger partial charge is 0.338 e. The summed E-state index contributed by atoms with van der Waals surface area (Å²) in [5.41, 5.74) is 7.12. The van der Waals surface area contributed by atoms with Crippen LogP contribution in [0.2, 0.25) is 0 Å². The second-order valence-electron chi connectivity index (χ2n) is 5.96. The fraction of sp³-hybridized carbons (Fsp3) is 0.316. The van der Waals surface area contributed by atoms with Crippen molar-refractivity contribution >= 4 is 11.9 Å². The number of hydrogen-bond donors (Lipinski definition) is 1. The predicted molar refractivity (Wildman–Crippen MR) is 92.4 cm³/mol. The van der Waals surface area contributed by atoms with Gasteiger partial charge in [0.1, 0.15) is 17.4 Å². The second-order valence-corrected chi connectivity index (χ2v) is 5.96. The van der Waals surface area contributed by atoms with Gasteiger partial charge in [0, 0.05) is 0 Å². The van der Waals surface area contributed by atoms with Crippen molar-refractivity contribution in [1.29, 1.82) is 5.26 Å². The molecular weight excluding hydrogens is 336 g/mol. The number of rotatable bonds is 4. The first-order valence-electron chi connectivity index (χ1n) is 7.97. The molecule has 0 amide bonds. The second kappa shape index (κ2) is 7.74. The average molecular weight is 356 g/mol. The molecule has 2 N–H and O–H groups in total. The summed E-state index contributed by atoms with van der Waals surface area (Å²) in [5.74, 6) is -1.60. The quantitative estimate of drug-likeness (QED) is 0.825. The maximum atomic E-state index is 12.6. The third-order valence-electron chi connectivity index (χ3n) is 3.83. The van der Waals surface area contributed by atoms with Gasteiger partial charge in [-0.3, -0.25) is 0 Å². The zero-order chi connectivity index (χ0) is 19.4. The van der Waals surface area contributed by atoms with Gasteiger partial charge in [-0.05, 0) is 38.5 Å². The van der Waals surface area contributed by atoms with Crippen LogP contribution < -0.4 is 5.73 Å². The van der Waals surface area contributed by atoms with Gasteiger partial charge in [-0.1, -0.05) is 12.1 Å². The lowest BCUT2D eigenvalue weighted by molar-refractivity contribution is -0.143. The number of allylic oxidation sites excluding steroid dienone is 2. The Bertz CT molecular complexity index is 828. The molecule has 0 aliphatic carbocycles. The van der Waals surface area contributed by atoms with E-state index in [1.807, 2.05) is 6.07 Å². The van der Waals surface area contributed by atoms with E-state index in [0.29, 0.717) is 11.1 Å². The first kappa shape index (κ1) is 19.1. The molecule has 1 aromatic carbocycles. The topological polar surface area (TPSA) is 112 Å². The lowest BCUT2D eigenvalue weighted by Crippen LogP contribution is -2.26. The number of nitrogens with two attached hydrogens (primary N) is 1. The molecule has 1 heterocycles. The van der Waals surface area contributed by atoms with Crippen molar-refractivity contribution in [3.63, 3.8) is 0 Å². The van der Waals surface area contributed by atoms with Gasteiger partial charge in [0.2, 0.25) is 5.88 Å². The molecule has 1 aromatic rings. The minimum atomic E-state index is -0.744. The van der Waals surface area contributed by atoms with E-state index in [4.69, 9.17) is 15.2 Å². The average Bonchev–Trinajstić information content (AvgIpc) is 2.59. The van der Waals surface area contributed by atoms with E-state index in [1.54, 1.807) is 45.0 Å². The number of nitriles is 1. The van der Waals surface area contributed by atoms with Crippen LogP contribution in [0.15, 0.2) is 47.1 Å². The molecule has 1 aliphatic heterocycles. The minimum Gasteiger partial charge on any atom is -0.465 e. The molecule has 0 saturated carbocycles. The van der Waals surface area contributed by atoms with E-state index >= 15 is 0 Å². The third-order valence-corrected chi connectivity index (χ3v) is 3.83. The van der Waals surface area contributed by atoms with Gasteiger partial charge in [-0.2, -0.15) is 5.26 Å². The summed E-state index contributed by atoms with van der Waals surface area (Å²) in [5, 5.41) is 9.53. The fourth-order valence-corrected chi connectivity index (χ4v) is 2.69. The molecule has 0 spiro atoms. The Morgan fingerprint density at radius 3 is 2.35 bits per heavy atom. The summed E-state index contributed by atoms with van der Waals surface area (Å²) in [6.07, 6.45) is -0.334. The van der Waals surface area contributed by atoms with Gasteiger partial charge in [-0.15, -0.1) is 0 Å². The Kier molecular flexibility index (Phi) is 5.68. The summed E-state index contributed by atoms with van der Waals surface area (Å²) in [6.45, 7) is 5.05. The summed E-state index contributed by atoms with van der Waals surface area (Å²) in [7, 11) is 1.29. The third kappa shape index (κ3) is 3.70. The Morgan fingerprint density at radius 1 is 1.23 bits per heavy atom. The SMILES string of the molecule is COC(=O)c1ccc([C@H]2C(C#N)=C(N)OC(C)=C2C(=O)OC(C)C)cc1. The molecule has 7 heteroatoms. The van der Waals surface area contributed by atoms with Crippen LogP contribution in [0.5, 0.6) is 0 Å². The first-order chi connectivity index (χ1) is 12.3. The highest BCUT2D eigenvalue weighted by molar-refractivity contribution is 5.93. The van der Waals surface area contributed by atoms with E-state index < -0.39 is 17.9 Å². The van der Waals surface area contributed by atoms with E-state index in [-0.39, 0.29) is 28.9 Å². The van der Waals surface area contributed by atoms with Crippen molar-refractivity contribution < 1.29 is 23.8 Å². The van der Waals surface area contributed by atoms with Gasteiger partial charge in [0.05, 0.1) is 30.3 Å². The Labute approximate surface area is 151 Å². The van der Waals surface area contributed by atoms with Crippen LogP contribution in [0, 0.1) is 11.3 Å².